The van der Waals surface area contributed by atoms with Gasteiger partial charge in [0.15, 0.2) is 11.5 Å². The van der Waals surface area contributed by atoms with Crippen LogP contribution in [0.5, 0.6) is 11.5 Å². The largest absolute Gasteiger partial charge is 0.493 e. The maximum Gasteiger partial charge on any atom is 0.161 e. The molecule has 0 radical (unpaired) electrons. The molecule has 0 spiro atoms. The quantitative estimate of drug-likeness (QED) is 0.712. The third kappa shape index (κ3) is 2.57. The van der Waals surface area contributed by atoms with E-state index in [1.807, 2.05) is 54.2 Å². The van der Waals surface area contributed by atoms with E-state index in [0.29, 0.717) is 6.61 Å². The molecule has 0 unspecified atom stereocenters. The van der Waals surface area contributed by atoms with Gasteiger partial charge >= 0.3 is 0 Å². The van der Waals surface area contributed by atoms with Crippen molar-refractivity contribution in [2.45, 2.75) is 6.61 Å². The van der Waals surface area contributed by atoms with Gasteiger partial charge in [-0.05, 0) is 18.2 Å². The lowest BCUT2D eigenvalue weighted by Crippen LogP contribution is -1.97. The van der Waals surface area contributed by atoms with Gasteiger partial charge in [-0.3, -0.25) is 0 Å². The van der Waals surface area contributed by atoms with Gasteiger partial charge in [0, 0.05) is 24.2 Å². The van der Waals surface area contributed by atoms with E-state index in [0.717, 1.165) is 33.0 Å². The zero-order chi connectivity index (χ0) is 14.8. The lowest BCUT2D eigenvalue weighted by Gasteiger charge is -2.09. The van der Waals surface area contributed by atoms with Gasteiger partial charge in [0.25, 0.3) is 0 Å². The van der Waals surface area contributed by atoms with E-state index in [2.05, 4.69) is 6.07 Å². The van der Waals surface area contributed by atoms with Crippen LogP contribution in [0.15, 0.2) is 48.7 Å². The number of hydrogen-bond acceptors (Lipinski definition) is 2. The number of fused-ring (bicyclic) bond motifs is 1. The summed E-state index contributed by atoms with van der Waals surface area (Å²) in [5, 5.41) is 1.86. The van der Waals surface area contributed by atoms with Crippen LogP contribution in [-0.4, -0.2) is 11.7 Å². The summed E-state index contributed by atoms with van der Waals surface area (Å²) in [6.45, 7) is 0.470. The second-order valence-electron chi connectivity index (χ2n) is 4.84. The maximum atomic E-state index is 6.26. The van der Waals surface area contributed by atoms with Crippen LogP contribution in [0.1, 0.15) is 5.56 Å². The number of ether oxygens (including phenoxy) is 2. The predicted molar refractivity (Wildman–Crippen MR) is 85.3 cm³/mol. The smallest absolute Gasteiger partial charge is 0.161 e. The first-order valence-corrected chi connectivity index (χ1v) is 7.06. The minimum absolute atomic E-state index is 0.470. The van der Waals surface area contributed by atoms with Crippen molar-refractivity contribution in [3.8, 4) is 11.5 Å². The molecule has 4 heteroatoms. The predicted octanol–water partition coefficient (Wildman–Crippen LogP) is 4.42. The number of rotatable bonds is 4. The second kappa shape index (κ2) is 5.70. The average Bonchev–Trinajstić information content (AvgIpc) is 2.83. The summed E-state index contributed by atoms with van der Waals surface area (Å²) in [6.07, 6.45) is 2.05. The van der Waals surface area contributed by atoms with E-state index in [9.17, 15) is 0 Å². The minimum atomic E-state index is 0.470. The Kier molecular flexibility index (Phi) is 3.76. The zero-order valence-corrected chi connectivity index (χ0v) is 12.7. The topological polar surface area (TPSA) is 23.4 Å². The number of halogens is 1. The Morgan fingerprint density at radius 2 is 1.81 bits per heavy atom. The number of para-hydroxylation sites is 3. The fourth-order valence-electron chi connectivity index (χ4n) is 2.51. The number of aromatic nitrogens is 1. The molecule has 0 N–H and O–H groups in total. The molecule has 1 aromatic heterocycles. The summed E-state index contributed by atoms with van der Waals surface area (Å²) < 4.78 is 13.2. The van der Waals surface area contributed by atoms with Crippen molar-refractivity contribution in [3.05, 3.63) is 59.2 Å². The van der Waals surface area contributed by atoms with Crippen LogP contribution < -0.4 is 9.47 Å². The number of hydrogen-bond donors (Lipinski definition) is 0. The van der Waals surface area contributed by atoms with Crippen molar-refractivity contribution in [2.24, 2.45) is 7.05 Å². The first-order valence-electron chi connectivity index (χ1n) is 6.69. The van der Waals surface area contributed by atoms with E-state index in [1.165, 1.54) is 0 Å². The molecule has 1 heterocycles. The van der Waals surface area contributed by atoms with Gasteiger partial charge in [0.05, 0.1) is 17.6 Å². The van der Waals surface area contributed by atoms with Crippen molar-refractivity contribution in [3.63, 3.8) is 0 Å². The molecule has 0 saturated heterocycles. The summed E-state index contributed by atoms with van der Waals surface area (Å²) in [5.74, 6) is 1.47. The minimum Gasteiger partial charge on any atom is -0.493 e. The highest BCUT2D eigenvalue weighted by atomic mass is 35.5. The Hall–Kier alpha value is -2.13. The first kappa shape index (κ1) is 13.8. The van der Waals surface area contributed by atoms with Crippen molar-refractivity contribution in [1.29, 1.82) is 0 Å². The first-order chi connectivity index (χ1) is 10.2. The third-order valence-electron chi connectivity index (χ3n) is 3.49. The van der Waals surface area contributed by atoms with Crippen LogP contribution in [0.3, 0.4) is 0 Å². The van der Waals surface area contributed by atoms with Gasteiger partial charge in [-0.25, -0.2) is 0 Å². The Labute approximate surface area is 128 Å². The number of aryl methyl sites for hydroxylation is 1. The Morgan fingerprint density at radius 1 is 1.05 bits per heavy atom. The van der Waals surface area contributed by atoms with Gasteiger partial charge in [-0.15, -0.1) is 0 Å². The Morgan fingerprint density at radius 3 is 2.57 bits per heavy atom. The van der Waals surface area contributed by atoms with Gasteiger partial charge in [0.1, 0.15) is 6.61 Å². The second-order valence-corrected chi connectivity index (χ2v) is 5.25. The SMILES string of the molecule is COc1ccccc1OCc1cn(C)c2c(Cl)cccc12. The fourth-order valence-corrected chi connectivity index (χ4v) is 2.82. The molecule has 0 aliphatic carbocycles. The lowest BCUT2D eigenvalue weighted by atomic mass is 10.2. The van der Waals surface area contributed by atoms with Gasteiger partial charge in [0.2, 0.25) is 0 Å². The molecule has 3 aromatic rings. The van der Waals surface area contributed by atoms with E-state index in [-0.39, 0.29) is 0 Å². The normalized spacial score (nSPS) is 10.8. The molecule has 0 bridgehead atoms. The summed E-state index contributed by atoms with van der Waals surface area (Å²) in [7, 11) is 3.63. The molecule has 0 aliphatic heterocycles. The van der Waals surface area contributed by atoms with Crippen molar-refractivity contribution < 1.29 is 9.47 Å². The number of benzene rings is 2. The van der Waals surface area contributed by atoms with Crippen LogP contribution in [0, 0.1) is 0 Å². The summed E-state index contributed by atoms with van der Waals surface area (Å²) >= 11 is 6.26. The van der Waals surface area contributed by atoms with E-state index < -0.39 is 0 Å². The fraction of sp³-hybridized carbons (Fsp3) is 0.176. The Balaban J connectivity index is 1.91. The van der Waals surface area contributed by atoms with E-state index in [4.69, 9.17) is 21.1 Å². The monoisotopic (exact) mass is 301 g/mol. The highest BCUT2D eigenvalue weighted by Crippen LogP contribution is 2.30. The summed E-state index contributed by atoms with van der Waals surface area (Å²) in [5.41, 5.74) is 2.12. The van der Waals surface area contributed by atoms with Crippen molar-refractivity contribution in [2.75, 3.05) is 7.11 Å². The van der Waals surface area contributed by atoms with Crippen LogP contribution in [0.4, 0.5) is 0 Å². The molecule has 0 atom stereocenters. The lowest BCUT2D eigenvalue weighted by molar-refractivity contribution is 0.285. The molecular formula is C17H16ClNO2. The molecule has 3 nitrogen and oxygen atoms in total. The van der Waals surface area contributed by atoms with E-state index >= 15 is 0 Å². The maximum absolute atomic E-state index is 6.26. The van der Waals surface area contributed by atoms with Crippen LogP contribution in [0.2, 0.25) is 5.02 Å². The summed E-state index contributed by atoms with van der Waals surface area (Å²) in [6, 6.07) is 13.5. The van der Waals surface area contributed by atoms with Crippen molar-refractivity contribution in [1.82, 2.24) is 4.57 Å². The molecule has 21 heavy (non-hydrogen) atoms. The van der Waals surface area contributed by atoms with Gasteiger partial charge in [-0.2, -0.15) is 0 Å². The highest BCUT2D eigenvalue weighted by Gasteiger charge is 2.11. The number of nitrogens with zero attached hydrogens (tertiary/aromatic N) is 1. The molecule has 2 aromatic carbocycles. The van der Waals surface area contributed by atoms with Crippen LogP contribution >= 0.6 is 11.6 Å². The standard InChI is InChI=1S/C17H16ClNO2/c1-19-10-12(13-6-5-7-14(18)17(13)19)11-21-16-9-4-3-8-15(16)20-2/h3-10H,11H2,1-2H3. The van der Waals surface area contributed by atoms with Gasteiger partial charge < -0.3 is 14.0 Å². The third-order valence-corrected chi connectivity index (χ3v) is 3.79. The molecule has 0 fully saturated rings. The molecule has 3 rings (SSSR count). The number of methoxy groups -OCH3 is 1. The Bertz CT molecular complexity index is 780. The highest BCUT2D eigenvalue weighted by molar-refractivity contribution is 6.35. The zero-order valence-electron chi connectivity index (χ0n) is 12.0. The van der Waals surface area contributed by atoms with E-state index in [1.54, 1.807) is 7.11 Å². The molecule has 0 saturated carbocycles. The average molecular weight is 302 g/mol. The molecular weight excluding hydrogens is 286 g/mol. The molecule has 0 aliphatic rings. The van der Waals surface area contributed by atoms with Crippen LogP contribution in [-0.2, 0) is 13.7 Å². The summed E-state index contributed by atoms with van der Waals surface area (Å²) in [4.78, 5) is 0. The molecule has 108 valence electrons. The van der Waals surface area contributed by atoms with Crippen LogP contribution in [0.25, 0.3) is 10.9 Å². The van der Waals surface area contributed by atoms with Gasteiger partial charge in [-0.1, -0.05) is 35.9 Å². The van der Waals surface area contributed by atoms with Crippen molar-refractivity contribution >= 4 is 22.5 Å². The molecule has 0 amide bonds.